The van der Waals surface area contributed by atoms with Crippen LogP contribution in [0, 0.1) is 0 Å². The zero-order valence-corrected chi connectivity index (χ0v) is 12.5. The quantitative estimate of drug-likeness (QED) is 0.926. The number of carboxylic acid groups (broad SMARTS) is 1. The number of rotatable bonds is 4. The molecule has 19 heavy (non-hydrogen) atoms. The van der Waals surface area contributed by atoms with Crippen LogP contribution in [-0.2, 0) is 4.79 Å². The van der Waals surface area contributed by atoms with Crippen LogP contribution in [0.1, 0.15) is 24.9 Å². The summed E-state index contributed by atoms with van der Waals surface area (Å²) in [6.45, 7) is 3.05. The third kappa shape index (κ3) is 3.88. The van der Waals surface area contributed by atoms with Crippen molar-refractivity contribution >= 4 is 29.3 Å². The van der Waals surface area contributed by atoms with Crippen LogP contribution in [0.25, 0.3) is 0 Å². The molecule has 0 radical (unpaired) electrons. The number of nitrogens with zero attached hydrogens (tertiary/aromatic N) is 1. The molecule has 104 valence electrons. The highest BCUT2D eigenvalue weighted by atomic mass is 35.5. The summed E-state index contributed by atoms with van der Waals surface area (Å²) in [6.07, 6.45) is 0.206. The summed E-state index contributed by atoms with van der Waals surface area (Å²) in [5.74, 6) is 1.22. The van der Waals surface area contributed by atoms with E-state index in [1.807, 2.05) is 30.0 Å². The minimum Gasteiger partial charge on any atom is -0.481 e. The summed E-state index contributed by atoms with van der Waals surface area (Å²) in [5, 5.41) is 9.75. The SMILES string of the molecule is CC(c1cccc(Cl)c1)N1CCSCC1CC(=O)O. The molecule has 1 aromatic rings. The van der Waals surface area contributed by atoms with Crippen molar-refractivity contribution in [2.75, 3.05) is 18.1 Å². The highest BCUT2D eigenvalue weighted by molar-refractivity contribution is 7.99. The van der Waals surface area contributed by atoms with E-state index in [1.54, 1.807) is 0 Å². The number of hydrogen-bond acceptors (Lipinski definition) is 3. The van der Waals surface area contributed by atoms with E-state index in [-0.39, 0.29) is 18.5 Å². The van der Waals surface area contributed by atoms with Gasteiger partial charge in [-0.3, -0.25) is 9.69 Å². The summed E-state index contributed by atoms with van der Waals surface area (Å²) in [6, 6.07) is 8.12. The topological polar surface area (TPSA) is 40.5 Å². The van der Waals surface area contributed by atoms with Gasteiger partial charge in [-0.1, -0.05) is 23.7 Å². The average Bonchev–Trinajstić information content (AvgIpc) is 2.38. The molecule has 2 unspecified atom stereocenters. The van der Waals surface area contributed by atoms with Crippen LogP contribution in [0.4, 0.5) is 0 Å². The largest absolute Gasteiger partial charge is 0.481 e. The number of halogens is 1. The van der Waals surface area contributed by atoms with Crippen LogP contribution < -0.4 is 0 Å². The molecule has 1 saturated heterocycles. The minimum atomic E-state index is -0.726. The molecule has 2 atom stereocenters. The van der Waals surface area contributed by atoms with Gasteiger partial charge in [-0.15, -0.1) is 0 Å². The Morgan fingerprint density at radius 3 is 3.11 bits per heavy atom. The van der Waals surface area contributed by atoms with Crippen LogP contribution in [-0.4, -0.2) is 40.1 Å². The molecule has 5 heteroatoms. The Morgan fingerprint density at radius 1 is 1.63 bits per heavy atom. The molecule has 1 fully saturated rings. The van der Waals surface area contributed by atoms with Crippen molar-refractivity contribution in [1.82, 2.24) is 4.90 Å². The van der Waals surface area contributed by atoms with Gasteiger partial charge in [0.05, 0.1) is 6.42 Å². The van der Waals surface area contributed by atoms with Crippen molar-refractivity contribution < 1.29 is 9.90 Å². The molecule has 0 saturated carbocycles. The van der Waals surface area contributed by atoms with E-state index in [0.717, 1.165) is 28.6 Å². The van der Waals surface area contributed by atoms with E-state index in [1.165, 1.54) is 0 Å². The number of benzene rings is 1. The van der Waals surface area contributed by atoms with Gasteiger partial charge in [0.15, 0.2) is 0 Å². The van der Waals surface area contributed by atoms with E-state index < -0.39 is 5.97 Å². The van der Waals surface area contributed by atoms with Crippen molar-refractivity contribution in [3.63, 3.8) is 0 Å². The monoisotopic (exact) mass is 299 g/mol. The Kier molecular flexibility index (Phi) is 5.13. The number of hydrogen-bond donors (Lipinski definition) is 1. The lowest BCUT2D eigenvalue weighted by Gasteiger charge is -2.39. The van der Waals surface area contributed by atoms with E-state index in [9.17, 15) is 4.79 Å². The second-order valence-corrected chi connectivity index (χ2v) is 6.38. The standard InChI is InChI=1S/C14H18ClNO2S/c1-10(11-3-2-4-12(15)7-11)16-5-6-19-9-13(16)8-14(17)18/h2-4,7,10,13H,5-6,8-9H2,1H3,(H,17,18). The van der Waals surface area contributed by atoms with Gasteiger partial charge in [0.25, 0.3) is 0 Å². The van der Waals surface area contributed by atoms with Gasteiger partial charge < -0.3 is 5.11 Å². The van der Waals surface area contributed by atoms with Gasteiger partial charge in [0.2, 0.25) is 0 Å². The maximum atomic E-state index is 11.0. The van der Waals surface area contributed by atoms with Gasteiger partial charge >= 0.3 is 5.97 Å². The Labute approximate surface area is 122 Å². The van der Waals surface area contributed by atoms with E-state index >= 15 is 0 Å². The van der Waals surface area contributed by atoms with Gasteiger partial charge in [0.1, 0.15) is 0 Å². The molecule has 0 aliphatic carbocycles. The summed E-state index contributed by atoms with van der Waals surface area (Å²) in [5.41, 5.74) is 1.15. The highest BCUT2D eigenvalue weighted by Crippen LogP contribution is 2.30. The number of thioether (sulfide) groups is 1. The maximum absolute atomic E-state index is 11.0. The predicted molar refractivity (Wildman–Crippen MR) is 79.9 cm³/mol. The normalized spacial score (nSPS) is 22.1. The molecule has 0 bridgehead atoms. The number of carboxylic acids is 1. The van der Waals surface area contributed by atoms with Crippen LogP contribution in [0.2, 0.25) is 5.02 Å². The molecule has 1 heterocycles. The Hall–Kier alpha value is -0.710. The number of aliphatic carboxylic acids is 1. The van der Waals surface area contributed by atoms with Gasteiger partial charge in [-0.2, -0.15) is 11.8 Å². The zero-order chi connectivity index (χ0) is 13.8. The Balaban J connectivity index is 2.14. The molecule has 3 nitrogen and oxygen atoms in total. The molecular formula is C14H18ClNO2S. The van der Waals surface area contributed by atoms with Crippen molar-refractivity contribution in [1.29, 1.82) is 0 Å². The van der Waals surface area contributed by atoms with Gasteiger partial charge in [0, 0.05) is 35.2 Å². The molecule has 1 aliphatic rings. The van der Waals surface area contributed by atoms with Crippen molar-refractivity contribution in [2.24, 2.45) is 0 Å². The van der Waals surface area contributed by atoms with Crippen molar-refractivity contribution in [3.05, 3.63) is 34.9 Å². The Bertz CT molecular complexity index is 455. The molecular weight excluding hydrogens is 282 g/mol. The lowest BCUT2D eigenvalue weighted by Crippen LogP contribution is -2.44. The summed E-state index contributed by atoms with van der Waals surface area (Å²) >= 11 is 7.87. The fraction of sp³-hybridized carbons (Fsp3) is 0.500. The molecule has 1 aromatic carbocycles. The fourth-order valence-corrected chi connectivity index (χ4v) is 3.80. The first-order chi connectivity index (χ1) is 9.08. The van der Waals surface area contributed by atoms with E-state index in [4.69, 9.17) is 16.7 Å². The first-order valence-electron chi connectivity index (χ1n) is 6.38. The van der Waals surface area contributed by atoms with Crippen LogP contribution in [0.5, 0.6) is 0 Å². The third-order valence-electron chi connectivity index (χ3n) is 3.51. The molecule has 0 aromatic heterocycles. The van der Waals surface area contributed by atoms with Crippen LogP contribution in [0.15, 0.2) is 24.3 Å². The first kappa shape index (κ1) is 14.7. The lowest BCUT2D eigenvalue weighted by atomic mass is 10.0. The Morgan fingerprint density at radius 2 is 2.42 bits per heavy atom. The van der Waals surface area contributed by atoms with Crippen molar-refractivity contribution in [3.8, 4) is 0 Å². The lowest BCUT2D eigenvalue weighted by molar-refractivity contribution is -0.138. The maximum Gasteiger partial charge on any atom is 0.304 e. The molecule has 0 amide bonds. The van der Waals surface area contributed by atoms with Crippen LogP contribution in [0.3, 0.4) is 0 Å². The summed E-state index contributed by atoms with van der Waals surface area (Å²) in [7, 11) is 0. The highest BCUT2D eigenvalue weighted by Gasteiger charge is 2.29. The molecule has 1 aliphatic heterocycles. The summed E-state index contributed by atoms with van der Waals surface area (Å²) < 4.78 is 0. The zero-order valence-electron chi connectivity index (χ0n) is 10.9. The fourth-order valence-electron chi connectivity index (χ4n) is 2.51. The average molecular weight is 300 g/mol. The minimum absolute atomic E-state index is 0.102. The van der Waals surface area contributed by atoms with Crippen LogP contribution >= 0.6 is 23.4 Å². The van der Waals surface area contributed by atoms with E-state index in [2.05, 4.69) is 17.9 Å². The molecule has 2 rings (SSSR count). The van der Waals surface area contributed by atoms with Gasteiger partial charge in [-0.05, 0) is 24.6 Å². The second-order valence-electron chi connectivity index (χ2n) is 4.80. The van der Waals surface area contributed by atoms with Crippen molar-refractivity contribution in [2.45, 2.75) is 25.4 Å². The predicted octanol–water partition coefficient (Wildman–Crippen LogP) is 3.29. The first-order valence-corrected chi connectivity index (χ1v) is 7.92. The summed E-state index contributed by atoms with van der Waals surface area (Å²) in [4.78, 5) is 13.3. The second kappa shape index (κ2) is 6.64. The van der Waals surface area contributed by atoms with Gasteiger partial charge in [-0.25, -0.2) is 0 Å². The smallest absolute Gasteiger partial charge is 0.304 e. The third-order valence-corrected chi connectivity index (χ3v) is 4.84. The van der Waals surface area contributed by atoms with E-state index in [0.29, 0.717) is 0 Å². The molecule has 0 spiro atoms. The number of carbonyl (C=O) groups is 1. The molecule has 1 N–H and O–H groups in total.